The van der Waals surface area contributed by atoms with Crippen LogP contribution in [0.3, 0.4) is 0 Å². The van der Waals surface area contributed by atoms with E-state index in [4.69, 9.17) is 0 Å². The predicted octanol–water partition coefficient (Wildman–Crippen LogP) is 3.09. The lowest BCUT2D eigenvalue weighted by molar-refractivity contribution is 0.0942. The van der Waals surface area contributed by atoms with Crippen LogP contribution in [0.1, 0.15) is 26.8 Å². The lowest BCUT2D eigenvalue weighted by atomic mass is 10.0. The standard InChI is InChI=1S/C17H13FN2O2S/c18-12-7-5-11(6-8-12)15(14-4-2-10-23-14)20-17(22)13-3-1-9-19-16(13)21/h1-10,15H,(H,19,21)(H,20,22). The summed E-state index contributed by atoms with van der Waals surface area (Å²) < 4.78 is 13.1. The van der Waals surface area contributed by atoms with Crippen molar-refractivity contribution >= 4 is 17.2 Å². The molecule has 0 radical (unpaired) electrons. The molecule has 2 heterocycles. The van der Waals surface area contributed by atoms with E-state index in [0.717, 1.165) is 10.4 Å². The van der Waals surface area contributed by atoms with E-state index in [0.29, 0.717) is 0 Å². The van der Waals surface area contributed by atoms with Gasteiger partial charge in [0.15, 0.2) is 0 Å². The number of aromatic amines is 1. The second kappa shape index (κ2) is 6.58. The number of carbonyl (C=O) groups excluding carboxylic acids is 1. The Labute approximate surface area is 135 Å². The smallest absolute Gasteiger partial charge is 0.260 e. The second-order valence-corrected chi connectivity index (χ2v) is 5.87. The van der Waals surface area contributed by atoms with Crippen molar-refractivity contribution in [3.8, 4) is 0 Å². The van der Waals surface area contributed by atoms with E-state index in [-0.39, 0.29) is 11.4 Å². The lowest BCUT2D eigenvalue weighted by Gasteiger charge is -2.18. The van der Waals surface area contributed by atoms with E-state index >= 15 is 0 Å². The highest BCUT2D eigenvalue weighted by atomic mass is 32.1. The van der Waals surface area contributed by atoms with Gasteiger partial charge in [-0.1, -0.05) is 18.2 Å². The zero-order chi connectivity index (χ0) is 16.2. The number of aromatic nitrogens is 1. The first kappa shape index (κ1) is 15.2. The van der Waals surface area contributed by atoms with Crippen LogP contribution in [-0.4, -0.2) is 10.9 Å². The number of thiophene rings is 1. The monoisotopic (exact) mass is 328 g/mol. The molecule has 1 unspecified atom stereocenters. The maximum Gasteiger partial charge on any atom is 0.260 e. The van der Waals surface area contributed by atoms with Gasteiger partial charge >= 0.3 is 0 Å². The van der Waals surface area contributed by atoms with E-state index in [1.54, 1.807) is 18.2 Å². The number of amides is 1. The van der Waals surface area contributed by atoms with Gasteiger partial charge in [-0.25, -0.2) is 4.39 Å². The van der Waals surface area contributed by atoms with Crippen molar-refractivity contribution < 1.29 is 9.18 Å². The molecule has 6 heteroatoms. The van der Waals surface area contributed by atoms with Crippen LogP contribution in [0.4, 0.5) is 4.39 Å². The molecule has 0 aliphatic rings. The van der Waals surface area contributed by atoms with Crippen molar-refractivity contribution in [3.05, 3.63) is 92.3 Å². The van der Waals surface area contributed by atoms with Crippen LogP contribution in [0.5, 0.6) is 0 Å². The Hall–Kier alpha value is -2.73. The Kier molecular flexibility index (Phi) is 4.34. The maximum absolute atomic E-state index is 13.1. The van der Waals surface area contributed by atoms with Crippen LogP contribution in [0.25, 0.3) is 0 Å². The van der Waals surface area contributed by atoms with E-state index in [2.05, 4.69) is 10.3 Å². The number of nitrogens with one attached hydrogen (secondary N) is 2. The number of hydrogen-bond donors (Lipinski definition) is 2. The Morgan fingerprint density at radius 1 is 1.13 bits per heavy atom. The SMILES string of the molecule is O=C(NC(c1ccc(F)cc1)c1cccs1)c1ccc[nH]c1=O. The molecule has 0 fully saturated rings. The predicted molar refractivity (Wildman–Crippen MR) is 87.1 cm³/mol. The first-order valence-electron chi connectivity index (χ1n) is 6.92. The van der Waals surface area contributed by atoms with E-state index in [9.17, 15) is 14.0 Å². The molecule has 1 atom stereocenters. The zero-order valence-corrected chi connectivity index (χ0v) is 12.8. The maximum atomic E-state index is 13.1. The highest BCUT2D eigenvalue weighted by molar-refractivity contribution is 7.10. The molecule has 3 rings (SSSR count). The first-order chi connectivity index (χ1) is 11.1. The number of H-pyrrole nitrogens is 1. The minimum Gasteiger partial charge on any atom is -0.340 e. The summed E-state index contributed by atoms with van der Waals surface area (Å²) in [6, 6.07) is 12.3. The van der Waals surface area contributed by atoms with Gasteiger partial charge in [0.05, 0.1) is 6.04 Å². The van der Waals surface area contributed by atoms with Gasteiger partial charge in [-0.05, 0) is 41.3 Å². The van der Waals surface area contributed by atoms with Crippen LogP contribution in [0.2, 0.25) is 0 Å². The fourth-order valence-corrected chi connectivity index (χ4v) is 3.04. The van der Waals surface area contributed by atoms with Gasteiger partial charge in [-0.2, -0.15) is 0 Å². The Morgan fingerprint density at radius 3 is 2.57 bits per heavy atom. The molecular weight excluding hydrogens is 315 g/mol. The molecule has 0 aliphatic carbocycles. The minimum absolute atomic E-state index is 0.0381. The third kappa shape index (κ3) is 3.37. The molecule has 0 spiro atoms. The molecule has 23 heavy (non-hydrogen) atoms. The molecule has 0 saturated carbocycles. The number of rotatable bonds is 4. The highest BCUT2D eigenvalue weighted by Gasteiger charge is 2.20. The van der Waals surface area contributed by atoms with Crippen LogP contribution < -0.4 is 10.9 Å². The molecule has 0 bridgehead atoms. The zero-order valence-electron chi connectivity index (χ0n) is 12.0. The van der Waals surface area contributed by atoms with Crippen molar-refractivity contribution in [3.63, 3.8) is 0 Å². The molecule has 2 aromatic heterocycles. The molecule has 3 aromatic rings. The fourth-order valence-electron chi connectivity index (χ4n) is 2.24. The van der Waals surface area contributed by atoms with Crippen LogP contribution in [-0.2, 0) is 0 Å². The van der Waals surface area contributed by atoms with Gasteiger partial charge in [0.1, 0.15) is 11.4 Å². The summed E-state index contributed by atoms with van der Waals surface area (Å²) in [7, 11) is 0. The largest absolute Gasteiger partial charge is 0.340 e. The summed E-state index contributed by atoms with van der Waals surface area (Å²) >= 11 is 1.48. The van der Waals surface area contributed by atoms with Crippen molar-refractivity contribution in [2.24, 2.45) is 0 Å². The van der Waals surface area contributed by atoms with Gasteiger partial charge in [-0.3, -0.25) is 9.59 Å². The second-order valence-electron chi connectivity index (χ2n) is 4.89. The van der Waals surface area contributed by atoms with Crippen LogP contribution in [0.15, 0.2) is 64.9 Å². The van der Waals surface area contributed by atoms with Gasteiger partial charge < -0.3 is 10.3 Å². The summed E-state index contributed by atoms with van der Waals surface area (Å²) in [5.41, 5.74) is 0.333. The molecule has 2 N–H and O–H groups in total. The normalized spacial score (nSPS) is 11.9. The fraction of sp³-hybridized carbons (Fsp3) is 0.0588. The van der Waals surface area contributed by atoms with Gasteiger partial charge in [0.25, 0.3) is 11.5 Å². The third-order valence-electron chi connectivity index (χ3n) is 3.37. The highest BCUT2D eigenvalue weighted by Crippen LogP contribution is 2.26. The quantitative estimate of drug-likeness (QED) is 0.773. The molecule has 0 aliphatic heterocycles. The van der Waals surface area contributed by atoms with Crippen molar-refractivity contribution in [1.82, 2.24) is 10.3 Å². The summed E-state index contributed by atoms with van der Waals surface area (Å²) in [4.78, 5) is 27.5. The Morgan fingerprint density at radius 2 is 1.91 bits per heavy atom. The minimum atomic E-state index is -0.477. The number of halogens is 1. The summed E-state index contributed by atoms with van der Waals surface area (Å²) in [5, 5.41) is 4.74. The Balaban J connectivity index is 1.94. The summed E-state index contributed by atoms with van der Waals surface area (Å²) in [5.74, 6) is -0.820. The van der Waals surface area contributed by atoms with Gasteiger partial charge in [0.2, 0.25) is 0 Å². The summed E-state index contributed by atoms with van der Waals surface area (Å²) in [6.07, 6.45) is 1.47. The topological polar surface area (TPSA) is 62.0 Å². The lowest BCUT2D eigenvalue weighted by Crippen LogP contribution is -2.32. The van der Waals surface area contributed by atoms with Gasteiger partial charge in [-0.15, -0.1) is 11.3 Å². The average Bonchev–Trinajstić information content (AvgIpc) is 3.08. The average molecular weight is 328 g/mol. The van der Waals surface area contributed by atoms with Crippen LogP contribution in [0, 0.1) is 5.82 Å². The van der Waals surface area contributed by atoms with Gasteiger partial charge in [0, 0.05) is 11.1 Å². The van der Waals surface area contributed by atoms with E-state index in [1.807, 2.05) is 17.5 Å². The van der Waals surface area contributed by atoms with Crippen molar-refractivity contribution in [2.75, 3.05) is 0 Å². The van der Waals surface area contributed by atoms with E-state index < -0.39 is 17.5 Å². The number of pyridine rings is 1. The first-order valence-corrected chi connectivity index (χ1v) is 7.80. The van der Waals surface area contributed by atoms with Crippen LogP contribution >= 0.6 is 11.3 Å². The molecular formula is C17H13FN2O2S. The van der Waals surface area contributed by atoms with E-state index in [1.165, 1.54) is 35.7 Å². The number of carbonyl (C=O) groups is 1. The van der Waals surface area contributed by atoms with Crippen molar-refractivity contribution in [1.29, 1.82) is 0 Å². The van der Waals surface area contributed by atoms with Crippen molar-refractivity contribution in [2.45, 2.75) is 6.04 Å². The summed E-state index contributed by atoms with van der Waals surface area (Å²) in [6.45, 7) is 0. The molecule has 0 saturated heterocycles. The number of benzene rings is 1. The Bertz CT molecular complexity index is 857. The molecule has 1 aromatic carbocycles. The molecule has 1 amide bonds. The molecule has 4 nitrogen and oxygen atoms in total. The molecule has 116 valence electrons. The third-order valence-corrected chi connectivity index (χ3v) is 4.31. The number of hydrogen-bond acceptors (Lipinski definition) is 3.